The minimum Gasteiger partial charge on any atom is -0.267 e. The fourth-order valence-electron chi connectivity index (χ4n) is 2.90. The monoisotopic (exact) mass is 326 g/mol. The average molecular weight is 326 g/mol. The van der Waals surface area contributed by atoms with E-state index in [9.17, 15) is 8.42 Å². The number of fused-ring (bicyclic) bond motifs is 3. The summed E-state index contributed by atoms with van der Waals surface area (Å²) in [5, 5.41) is 5.24. The first-order valence-electron chi connectivity index (χ1n) is 7.11. The van der Waals surface area contributed by atoms with Crippen LogP contribution in [0.25, 0.3) is 10.9 Å². The number of benzene rings is 1. The van der Waals surface area contributed by atoms with Crippen molar-refractivity contribution < 1.29 is 8.42 Å². The molecule has 0 spiro atoms. The zero-order valence-electron chi connectivity index (χ0n) is 12.7. The Hall–Kier alpha value is -2.54. The SMILES string of the molecule is Cn1ncc2cnc3c(c21)CC(c1cccc(S(C)(=O)=O)c1)=N3. The largest absolute Gasteiger partial charge is 0.267 e. The molecule has 0 saturated heterocycles. The van der Waals surface area contributed by atoms with E-state index in [0.29, 0.717) is 17.1 Å². The molecule has 4 rings (SSSR count). The van der Waals surface area contributed by atoms with E-state index in [1.165, 1.54) is 6.26 Å². The molecule has 0 radical (unpaired) electrons. The van der Waals surface area contributed by atoms with Crippen LogP contribution in [-0.2, 0) is 23.3 Å². The number of aryl methyl sites for hydroxylation is 1. The van der Waals surface area contributed by atoms with Gasteiger partial charge in [0.25, 0.3) is 0 Å². The molecule has 116 valence electrons. The quantitative estimate of drug-likeness (QED) is 0.722. The van der Waals surface area contributed by atoms with Crippen molar-refractivity contribution in [1.29, 1.82) is 0 Å². The molecule has 3 aromatic rings. The van der Waals surface area contributed by atoms with Gasteiger partial charge in [0.05, 0.1) is 22.3 Å². The minimum absolute atomic E-state index is 0.298. The highest BCUT2D eigenvalue weighted by molar-refractivity contribution is 7.90. The van der Waals surface area contributed by atoms with Crippen molar-refractivity contribution in [2.24, 2.45) is 12.0 Å². The van der Waals surface area contributed by atoms with Gasteiger partial charge in [-0.15, -0.1) is 0 Å². The maximum Gasteiger partial charge on any atom is 0.175 e. The van der Waals surface area contributed by atoms with Crippen LogP contribution in [0.5, 0.6) is 0 Å². The highest BCUT2D eigenvalue weighted by Crippen LogP contribution is 2.32. The lowest BCUT2D eigenvalue weighted by molar-refractivity contribution is 0.602. The predicted molar refractivity (Wildman–Crippen MR) is 88.0 cm³/mol. The summed E-state index contributed by atoms with van der Waals surface area (Å²) in [5.74, 6) is 0.681. The molecular formula is C16H14N4O2S. The first-order chi connectivity index (χ1) is 10.9. The molecular weight excluding hydrogens is 312 g/mol. The maximum atomic E-state index is 11.7. The third kappa shape index (κ3) is 2.24. The number of hydrogen-bond acceptors (Lipinski definition) is 5. The molecule has 23 heavy (non-hydrogen) atoms. The van der Waals surface area contributed by atoms with Gasteiger partial charge in [0.2, 0.25) is 0 Å². The summed E-state index contributed by atoms with van der Waals surface area (Å²) in [6.07, 6.45) is 5.37. The summed E-state index contributed by atoms with van der Waals surface area (Å²) in [6, 6.07) is 6.88. The molecule has 0 saturated carbocycles. The van der Waals surface area contributed by atoms with Crippen molar-refractivity contribution in [3.8, 4) is 0 Å². The van der Waals surface area contributed by atoms with Gasteiger partial charge in [0, 0.05) is 36.9 Å². The topological polar surface area (TPSA) is 77.2 Å². The van der Waals surface area contributed by atoms with E-state index in [1.807, 2.05) is 17.8 Å². The fraction of sp³-hybridized carbons (Fsp3) is 0.188. The molecule has 2 aromatic heterocycles. The molecule has 0 amide bonds. The highest BCUT2D eigenvalue weighted by atomic mass is 32.2. The number of rotatable bonds is 2. The van der Waals surface area contributed by atoms with Crippen molar-refractivity contribution in [2.75, 3.05) is 6.26 Å². The summed E-state index contributed by atoms with van der Waals surface area (Å²) in [5.41, 5.74) is 3.68. The standard InChI is InChI=1S/C16H14N4O2S/c1-20-15-11(9-18-20)8-17-16-13(15)7-14(19-16)10-4-3-5-12(6-10)23(2,21)22/h3-6,8-9H,7H2,1-2H3. The zero-order chi connectivity index (χ0) is 16.2. The van der Waals surface area contributed by atoms with Gasteiger partial charge < -0.3 is 0 Å². The van der Waals surface area contributed by atoms with Gasteiger partial charge >= 0.3 is 0 Å². The first kappa shape index (κ1) is 14.1. The van der Waals surface area contributed by atoms with Crippen molar-refractivity contribution >= 4 is 32.3 Å². The molecule has 6 nitrogen and oxygen atoms in total. The van der Waals surface area contributed by atoms with Gasteiger partial charge in [0.15, 0.2) is 15.7 Å². The van der Waals surface area contributed by atoms with E-state index in [-0.39, 0.29) is 0 Å². The van der Waals surface area contributed by atoms with Crippen LogP contribution in [0, 0.1) is 0 Å². The van der Waals surface area contributed by atoms with Crippen LogP contribution in [0.3, 0.4) is 0 Å². The van der Waals surface area contributed by atoms with Crippen molar-refractivity contribution in [2.45, 2.75) is 11.3 Å². The van der Waals surface area contributed by atoms with Gasteiger partial charge in [-0.1, -0.05) is 12.1 Å². The van der Waals surface area contributed by atoms with E-state index in [2.05, 4.69) is 15.1 Å². The number of hydrogen-bond donors (Lipinski definition) is 0. The minimum atomic E-state index is -3.24. The van der Waals surface area contributed by atoms with E-state index in [0.717, 1.165) is 27.7 Å². The van der Waals surface area contributed by atoms with E-state index >= 15 is 0 Å². The second-order valence-corrected chi connectivity index (χ2v) is 7.68. The number of aliphatic imine (C=N–C) groups is 1. The van der Waals surface area contributed by atoms with Gasteiger partial charge in [-0.25, -0.2) is 18.4 Å². The maximum absolute atomic E-state index is 11.7. The Morgan fingerprint density at radius 2 is 2.04 bits per heavy atom. The molecule has 0 aliphatic carbocycles. The number of nitrogens with zero attached hydrogens (tertiary/aromatic N) is 4. The van der Waals surface area contributed by atoms with Crippen LogP contribution in [0.1, 0.15) is 11.1 Å². The summed E-state index contributed by atoms with van der Waals surface area (Å²) in [4.78, 5) is 9.27. The third-order valence-corrected chi connectivity index (χ3v) is 5.14. The summed E-state index contributed by atoms with van der Waals surface area (Å²) in [7, 11) is -1.35. The molecule has 1 aliphatic rings. The van der Waals surface area contributed by atoms with Gasteiger partial charge in [-0.05, 0) is 17.7 Å². The molecule has 0 bridgehead atoms. The van der Waals surface area contributed by atoms with Crippen LogP contribution >= 0.6 is 0 Å². The van der Waals surface area contributed by atoms with E-state index in [1.54, 1.807) is 30.6 Å². The molecule has 1 aromatic carbocycles. The number of aromatic nitrogens is 3. The highest BCUT2D eigenvalue weighted by Gasteiger charge is 2.22. The summed E-state index contributed by atoms with van der Waals surface area (Å²) in [6.45, 7) is 0. The Kier molecular flexibility index (Phi) is 2.89. The van der Waals surface area contributed by atoms with Gasteiger partial charge in [0.1, 0.15) is 0 Å². The second kappa shape index (κ2) is 4.73. The summed E-state index contributed by atoms with van der Waals surface area (Å²) < 4.78 is 25.3. The number of pyridine rings is 1. The Labute approximate surface area is 133 Å². The van der Waals surface area contributed by atoms with Crippen LogP contribution in [-0.4, -0.2) is 35.1 Å². The predicted octanol–water partition coefficient (Wildman–Crippen LogP) is 2.05. The van der Waals surface area contributed by atoms with Crippen LogP contribution in [0.15, 0.2) is 46.5 Å². The van der Waals surface area contributed by atoms with Crippen molar-refractivity contribution in [3.05, 3.63) is 47.8 Å². The Bertz CT molecular complexity index is 1080. The van der Waals surface area contributed by atoms with Crippen molar-refractivity contribution in [1.82, 2.24) is 14.8 Å². The molecule has 3 heterocycles. The molecule has 0 fully saturated rings. The van der Waals surface area contributed by atoms with Crippen LogP contribution in [0.4, 0.5) is 5.82 Å². The molecule has 0 unspecified atom stereocenters. The molecule has 0 N–H and O–H groups in total. The smallest absolute Gasteiger partial charge is 0.175 e. The normalized spacial score (nSPS) is 14.1. The van der Waals surface area contributed by atoms with Crippen molar-refractivity contribution in [3.63, 3.8) is 0 Å². The Balaban J connectivity index is 1.81. The summed E-state index contributed by atoms with van der Waals surface area (Å²) >= 11 is 0. The van der Waals surface area contributed by atoms with Gasteiger partial charge in [-0.2, -0.15) is 5.10 Å². The lowest BCUT2D eigenvalue weighted by atomic mass is 10.0. The fourth-order valence-corrected chi connectivity index (χ4v) is 3.57. The Morgan fingerprint density at radius 3 is 2.83 bits per heavy atom. The molecule has 1 aliphatic heterocycles. The molecule has 7 heteroatoms. The van der Waals surface area contributed by atoms with Gasteiger partial charge in [-0.3, -0.25) is 4.68 Å². The van der Waals surface area contributed by atoms with E-state index < -0.39 is 9.84 Å². The molecule has 0 atom stereocenters. The zero-order valence-corrected chi connectivity index (χ0v) is 13.5. The van der Waals surface area contributed by atoms with Crippen LogP contribution in [0.2, 0.25) is 0 Å². The lowest BCUT2D eigenvalue weighted by Gasteiger charge is -2.04. The second-order valence-electron chi connectivity index (χ2n) is 5.67. The lowest BCUT2D eigenvalue weighted by Crippen LogP contribution is -2.04. The van der Waals surface area contributed by atoms with E-state index in [4.69, 9.17) is 0 Å². The average Bonchev–Trinajstić information content (AvgIpc) is 3.10. The Morgan fingerprint density at radius 1 is 1.22 bits per heavy atom. The third-order valence-electron chi connectivity index (χ3n) is 4.03. The number of sulfone groups is 1. The first-order valence-corrected chi connectivity index (χ1v) is 9.00. The van der Waals surface area contributed by atoms with Crippen LogP contribution < -0.4 is 0 Å².